The molecule has 7 nitrogen and oxygen atoms in total. The largest absolute Gasteiger partial charge is 0.361 e. The van der Waals surface area contributed by atoms with Crippen LogP contribution < -0.4 is 0 Å². The molecule has 0 bridgehead atoms. The number of hydrogen-bond acceptors (Lipinski definition) is 5. The highest BCUT2D eigenvalue weighted by Crippen LogP contribution is 2.26. The monoisotopic (exact) mass is 413 g/mol. The first-order valence-corrected chi connectivity index (χ1v) is 10.2. The molecule has 1 unspecified atom stereocenters. The first-order valence-electron chi connectivity index (χ1n) is 8.79. The molecule has 0 aliphatic carbocycles. The topological polar surface area (TPSA) is 83.7 Å². The van der Waals surface area contributed by atoms with Crippen LogP contribution >= 0.6 is 0 Å². The van der Waals surface area contributed by atoms with Gasteiger partial charge in [-0.3, -0.25) is 4.79 Å². The molecule has 0 N–H and O–H groups in total. The van der Waals surface area contributed by atoms with E-state index in [0.717, 1.165) is 22.0 Å². The maximum atomic E-state index is 13.9. The zero-order valence-electron chi connectivity index (χ0n) is 15.8. The third-order valence-corrected chi connectivity index (χ3v) is 6.87. The summed E-state index contributed by atoms with van der Waals surface area (Å²) in [6, 6.07) is 2.32. The Morgan fingerprint density at radius 1 is 1.18 bits per heavy atom. The van der Waals surface area contributed by atoms with Gasteiger partial charge in [0.05, 0.1) is 11.6 Å². The molecular formula is C18H21F2N3O4S. The number of amides is 1. The quantitative estimate of drug-likeness (QED) is 0.767. The van der Waals surface area contributed by atoms with Gasteiger partial charge in [-0.15, -0.1) is 0 Å². The van der Waals surface area contributed by atoms with Gasteiger partial charge in [0.1, 0.15) is 22.3 Å². The van der Waals surface area contributed by atoms with Crippen LogP contribution in [0.3, 0.4) is 0 Å². The van der Waals surface area contributed by atoms with E-state index in [2.05, 4.69) is 5.16 Å². The molecule has 10 heteroatoms. The normalized spacial score (nSPS) is 17.0. The molecule has 28 heavy (non-hydrogen) atoms. The highest BCUT2D eigenvalue weighted by atomic mass is 32.2. The lowest BCUT2D eigenvalue weighted by atomic mass is 9.98. The molecule has 2 aromatic rings. The van der Waals surface area contributed by atoms with Gasteiger partial charge in [-0.05, 0) is 39.0 Å². The molecule has 1 aromatic heterocycles. The van der Waals surface area contributed by atoms with Gasteiger partial charge in [0.2, 0.25) is 15.9 Å². The molecule has 3 rings (SSSR count). The number of nitrogens with zero attached hydrogens (tertiary/aromatic N) is 3. The van der Waals surface area contributed by atoms with Crippen LogP contribution in [0.4, 0.5) is 8.78 Å². The zero-order chi connectivity index (χ0) is 20.6. The van der Waals surface area contributed by atoms with Crippen LogP contribution in [0.5, 0.6) is 0 Å². The van der Waals surface area contributed by atoms with Crippen LogP contribution in [-0.4, -0.2) is 54.9 Å². The first-order chi connectivity index (χ1) is 13.1. The Bertz CT molecular complexity index is 979. The third kappa shape index (κ3) is 3.66. The number of carbonyl (C=O) groups excluding carboxylic acids is 1. The Balaban J connectivity index is 1.72. The number of carbonyl (C=O) groups is 1. The second-order valence-corrected chi connectivity index (χ2v) is 8.67. The van der Waals surface area contributed by atoms with Crippen LogP contribution in [0.1, 0.15) is 29.9 Å². The summed E-state index contributed by atoms with van der Waals surface area (Å²) in [5.74, 6) is -1.91. The Morgan fingerprint density at radius 2 is 1.82 bits per heavy atom. The van der Waals surface area contributed by atoms with E-state index in [1.165, 1.54) is 0 Å². The van der Waals surface area contributed by atoms with Crippen molar-refractivity contribution in [3.63, 3.8) is 0 Å². The predicted molar refractivity (Wildman–Crippen MR) is 96.1 cm³/mol. The molecule has 0 radical (unpaired) electrons. The summed E-state index contributed by atoms with van der Waals surface area (Å²) in [5.41, 5.74) is 1.36. The highest BCUT2D eigenvalue weighted by molar-refractivity contribution is 7.89. The fourth-order valence-electron chi connectivity index (χ4n) is 3.47. The van der Waals surface area contributed by atoms with Crippen LogP contribution in [-0.2, 0) is 14.8 Å². The van der Waals surface area contributed by atoms with E-state index in [1.54, 1.807) is 25.7 Å². The van der Waals surface area contributed by atoms with E-state index < -0.39 is 32.5 Å². The van der Waals surface area contributed by atoms with Gasteiger partial charge >= 0.3 is 0 Å². The number of piperazine rings is 1. The van der Waals surface area contributed by atoms with Crippen molar-refractivity contribution in [1.29, 1.82) is 0 Å². The van der Waals surface area contributed by atoms with Crippen LogP contribution in [0.25, 0.3) is 0 Å². The Kier molecular flexibility index (Phi) is 5.53. The molecule has 0 saturated carbocycles. The van der Waals surface area contributed by atoms with E-state index in [4.69, 9.17) is 4.52 Å². The van der Waals surface area contributed by atoms with E-state index in [-0.39, 0.29) is 32.1 Å². The molecule has 1 amide bonds. The van der Waals surface area contributed by atoms with Gasteiger partial charge < -0.3 is 9.42 Å². The predicted octanol–water partition coefficient (Wildman–Crippen LogP) is 2.21. The maximum absolute atomic E-state index is 13.9. The van der Waals surface area contributed by atoms with Gasteiger partial charge in [0.15, 0.2) is 0 Å². The average Bonchev–Trinajstić information content (AvgIpc) is 3.00. The van der Waals surface area contributed by atoms with Crippen LogP contribution in [0, 0.1) is 25.5 Å². The van der Waals surface area contributed by atoms with Gasteiger partial charge in [-0.2, -0.15) is 4.31 Å². The molecule has 2 heterocycles. The number of benzene rings is 1. The average molecular weight is 413 g/mol. The third-order valence-electron chi connectivity index (χ3n) is 4.95. The zero-order valence-corrected chi connectivity index (χ0v) is 16.6. The fraction of sp³-hybridized carbons (Fsp3) is 0.444. The summed E-state index contributed by atoms with van der Waals surface area (Å²) in [5, 5.41) is 3.86. The smallest absolute Gasteiger partial charge is 0.246 e. The standard InChI is InChI=1S/C18H21F2N3O4S/c1-11(17-12(2)21-27-13(17)3)18(24)22-6-8-23(9-7-22)28(25,26)16-10-14(19)4-5-15(16)20/h4-5,10-11H,6-9H2,1-3H3. The number of aromatic nitrogens is 1. The Hall–Kier alpha value is -2.33. The summed E-state index contributed by atoms with van der Waals surface area (Å²) < 4.78 is 58.8. The fourth-order valence-corrected chi connectivity index (χ4v) is 4.97. The molecular weight excluding hydrogens is 392 g/mol. The SMILES string of the molecule is Cc1noc(C)c1C(C)C(=O)N1CCN(S(=O)(=O)c2cc(F)ccc2F)CC1. The van der Waals surface area contributed by atoms with Crippen molar-refractivity contribution in [2.45, 2.75) is 31.6 Å². The van der Waals surface area contributed by atoms with Crippen molar-refractivity contribution in [2.75, 3.05) is 26.2 Å². The summed E-state index contributed by atoms with van der Waals surface area (Å²) >= 11 is 0. The van der Waals surface area contributed by atoms with E-state index in [0.29, 0.717) is 17.5 Å². The second kappa shape index (κ2) is 7.59. The van der Waals surface area contributed by atoms with Crippen LogP contribution in [0.2, 0.25) is 0 Å². The van der Waals surface area contributed by atoms with Gasteiger partial charge in [-0.25, -0.2) is 17.2 Å². The molecule has 1 saturated heterocycles. The number of halogens is 2. The second-order valence-electron chi connectivity index (χ2n) is 6.76. The van der Waals surface area contributed by atoms with Crippen molar-refractivity contribution < 1.29 is 26.5 Å². The molecule has 152 valence electrons. The number of rotatable bonds is 4. The molecule has 0 spiro atoms. The van der Waals surface area contributed by atoms with Crippen molar-refractivity contribution in [3.8, 4) is 0 Å². The summed E-state index contributed by atoms with van der Waals surface area (Å²) in [6.07, 6.45) is 0. The number of sulfonamides is 1. The van der Waals surface area contributed by atoms with Gasteiger partial charge in [-0.1, -0.05) is 5.16 Å². The minimum absolute atomic E-state index is 0.00164. The lowest BCUT2D eigenvalue weighted by Gasteiger charge is -2.35. The number of hydrogen-bond donors (Lipinski definition) is 0. The molecule has 1 aromatic carbocycles. The van der Waals surface area contributed by atoms with E-state index in [9.17, 15) is 22.0 Å². The lowest BCUT2D eigenvalue weighted by molar-refractivity contribution is -0.133. The minimum atomic E-state index is -4.19. The summed E-state index contributed by atoms with van der Waals surface area (Å²) in [6.45, 7) is 5.55. The van der Waals surface area contributed by atoms with E-state index in [1.807, 2.05) is 0 Å². The van der Waals surface area contributed by atoms with Crippen molar-refractivity contribution in [1.82, 2.24) is 14.4 Å². The molecule has 1 fully saturated rings. The first kappa shape index (κ1) is 20.4. The highest BCUT2D eigenvalue weighted by Gasteiger charge is 2.34. The summed E-state index contributed by atoms with van der Waals surface area (Å²) in [7, 11) is -4.19. The minimum Gasteiger partial charge on any atom is -0.361 e. The van der Waals surface area contributed by atoms with Gasteiger partial charge in [0.25, 0.3) is 0 Å². The van der Waals surface area contributed by atoms with Crippen molar-refractivity contribution in [3.05, 3.63) is 46.9 Å². The molecule has 1 aliphatic rings. The Morgan fingerprint density at radius 3 is 2.39 bits per heavy atom. The van der Waals surface area contributed by atoms with Crippen molar-refractivity contribution in [2.24, 2.45) is 0 Å². The lowest BCUT2D eigenvalue weighted by Crippen LogP contribution is -2.51. The van der Waals surface area contributed by atoms with Crippen molar-refractivity contribution >= 4 is 15.9 Å². The summed E-state index contributed by atoms with van der Waals surface area (Å²) in [4.78, 5) is 13.7. The number of aryl methyl sites for hydroxylation is 2. The maximum Gasteiger partial charge on any atom is 0.246 e. The van der Waals surface area contributed by atoms with Crippen LogP contribution in [0.15, 0.2) is 27.6 Å². The molecule has 1 atom stereocenters. The Labute approximate surface area is 162 Å². The van der Waals surface area contributed by atoms with Gasteiger partial charge in [0, 0.05) is 31.7 Å². The molecule has 1 aliphatic heterocycles. The van der Waals surface area contributed by atoms with E-state index >= 15 is 0 Å².